The molecule has 6 rings (SSSR count). The minimum Gasteiger partial charge on any atom is -0.347 e. The molecule has 3 fully saturated rings. The summed E-state index contributed by atoms with van der Waals surface area (Å²) < 4.78 is 42.6. The third-order valence-electron chi connectivity index (χ3n) is 20.9. The SMILES string of the molecule is CC[C@H](C)[C@@H]1NC(=O)[C@H](C)N(C)C(=O)C[C@@H](C(=O)N(C)C)N(C)C(=O)[C@H]([C@@H](C)CC)N(C)C(=O)C2(CCCC2)NC(=O)[C@H](Cc2ccc(Br)cc2)N(C)C(=O)[C@H](CCc2ccc(C(F)(F)F)c(Cl)c2)NC(=O)CN(C)C(=O)[C@H](Cc2ccc(C)cc2)N(C)C(=O)[C@@H]2CCN2C(=O)[C@@H](C)N(C)C1=O. The molecule has 560 valence electrons. The van der Waals surface area contributed by atoms with Gasteiger partial charge in [0.05, 0.1) is 23.6 Å². The molecule has 3 aromatic rings. The second kappa shape index (κ2) is 35.4. The molecule has 3 aliphatic rings. The number of nitrogens with zero attached hydrogens (tertiary/aromatic N) is 9. The molecule has 24 nitrogen and oxygen atoms in total. The number of aryl methyl sites for hydroxylation is 2. The molecule has 0 bridgehead atoms. The molecule has 2 aliphatic heterocycles. The van der Waals surface area contributed by atoms with Gasteiger partial charge in [-0.1, -0.05) is 129 Å². The zero-order valence-electron chi connectivity index (χ0n) is 61.4. The van der Waals surface area contributed by atoms with E-state index in [1.54, 1.807) is 64.1 Å². The number of alkyl halides is 3. The number of amides is 12. The fraction of sp³-hybridized carbons (Fsp3) is 0.589. The lowest BCUT2D eigenvalue weighted by Crippen LogP contribution is -2.65. The second-order valence-electron chi connectivity index (χ2n) is 28.1. The van der Waals surface area contributed by atoms with E-state index >= 15 is 24.0 Å². The molecule has 102 heavy (non-hydrogen) atoms. The van der Waals surface area contributed by atoms with Crippen molar-refractivity contribution in [3.05, 3.63) is 104 Å². The van der Waals surface area contributed by atoms with Crippen molar-refractivity contribution in [2.45, 2.75) is 192 Å². The molecule has 3 aromatic carbocycles. The Morgan fingerprint density at radius 2 is 1.22 bits per heavy atom. The second-order valence-corrected chi connectivity index (χ2v) is 29.4. The molecule has 1 spiro atoms. The van der Waals surface area contributed by atoms with Gasteiger partial charge >= 0.3 is 6.18 Å². The monoisotopic (exact) mass is 1510 g/mol. The lowest BCUT2D eigenvalue weighted by molar-refractivity contribution is -0.160. The summed E-state index contributed by atoms with van der Waals surface area (Å²) >= 11 is 9.64. The van der Waals surface area contributed by atoms with E-state index in [2.05, 4.69) is 31.9 Å². The van der Waals surface area contributed by atoms with E-state index in [0.717, 1.165) is 37.3 Å². The Kier molecular flexibility index (Phi) is 28.7. The summed E-state index contributed by atoms with van der Waals surface area (Å²) in [4.78, 5) is 190. The highest BCUT2D eigenvalue weighted by Gasteiger charge is 2.51. The van der Waals surface area contributed by atoms with Crippen molar-refractivity contribution in [2.75, 3.05) is 76.5 Å². The van der Waals surface area contributed by atoms with Crippen molar-refractivity contribution in [3.8, 4) is 0 Å². The summed E-state index contributed by atoms with van der Waals surface area (Å²) in [6.07, 6.45) is -4.14. The van der Waals surface area contributed by atoms with Crippen molar-refractivity contribution < 1.29 is 70.7 Å². The Bertz CT molecular complexity index is 3580. The van der Waals surface area contributed by atoms with Crippen LogP contribution in [0.3, 0.4) is 0 Å². The topological polar surface area (TPSA) is 270 Å². The van der Waals surface area contributed by atoms with Crippen LogP contribution >= 0.6 is 27.5 Å². The van der Waals surface area contributed by atoms with Crippen molar-refractivity contribution in [1.82, 2.24) is 60.0 Å². The van der Waals surface area contributed by atoms with Crippen LogP contribution in [0.1, 0.15) is 127 Å². The Morgan fingerprint density at radius 1 is 0.657 bits per heavy atom. The van der Waals surface area contributed by atoms with Crippen molar-refractivity contribution in [1.29, 1.82) is 0 Å². The van der Waals surface area contributed by atoms with Gasteiger partial charge in [0.2, 0.25) is 70.9 Å². The molecule has 0 unspecified atom stereocenters. The van der Waals surface area contributed by atoms with E-state index in [9.17, 15) is 46.7 Å². The molecule has 2 saturated heterocycles. The number of carbonyl (C=O) groups is 12. The van der Waals surface area contributed by atoms with E-state index in [4.69, 9.17) is 11.6 Å². The fourth-order valence-electron chi connectivity index (χ4n) is 13.3. The summed E-state index contributed by atoms with van der Waals surface area (Å²) in [5, 5.41) is 7.95. The van der Waals surface area contributed by atoms with E-state index in [-0.39, 0.29) is 57.1 Å². The largest absolute Gasteiger partial charge is 0.417 e. The average Bonchev–Trinajstić information content (AvgIpc) is 1.18. The van der Waals surface area contributed by atoms with Crippen LogP contribution in [0.4, 0.5) is 13.2 Å². The van der Waals surface area contributed by atoms with Crippen LogP contribution in [0.5, 0.6) is 0 Å². The summed E-state index contributed by atoms with van der Waals surface area (Å²) in [6, 6.07) is 5.24. The van der Waals surface area contributed by atoms with E-state index < -0.39 is 172 Å². The molecule has 12 amide bonds. The predicted molar refractivity (Wildman–Crippen MR) is 381 cm³/mol. The van der Waals surface area contributed by atoms with Crippen LogP contribution in [0, 0.1) is 18.8 Å². The molecule has 1 aliphatic carbocycles. The average molecular weight is 1510 g/mol. The number of nitrogens with one attached hydrogen (secondary N) is 3. The van der Waals surface area contributed by atoms with Crippen molar-refractivity contribution in [2.24, 2.45) is 11.8 Å². The highest BCUT2D eigenvalue weighted by molar-refractivity contribution is 9.10. The molecule has 11 atom stereocenters. The van der Waals surface area contributed by atoms with Gasteiger partial charge in [-0.05, 0) is 106 Å². The van der Waals surface area contributed by atoms with Gasteiger partial charge in [0.25, 0.3) is 0 Å². The predicted octanol–water partition coefficient (Wildman–Crippen LogP) is 5.89. The van der Waals surface area contributed by atoms with Crippen molar-refractivity contribution >= 4 is 98.4 Å². The first-order chi connectivity index (χ1) is 47.7. The standard InChI is InChI=1S/C73H101BrClF3N12O12/c1-17-43(4)60-69(100)85(12)46(7)64(95)90-36-33-54(90)68(99)87(14)56(39-48-23-21-42(3)22-24-48)67(98)83(10)41-58(91)79-53(32-28-47-27-31-51(52(75)37-47)73(76,77)78)65(96)86(13)55(38-49-25-29-50(74)30-26-49)63(94)81-72(34-19-20-35-72)71(102)89(16)61(44(5)18-2)70(101)88(15)57(66(97)82(8)9)40-59(92)84(11)45(6)62(93)80-60/h21-27,29-31,37,43-46,53-57,60-61H,17-20,28,32-36,38-41H2,1-16H3,(H,79,91)(H,80,93)(H,81,94)/t43-,44-,45-,46+,53-,54-,55-,56-,57-,60-,61-/m0/s1. The number of halogens is 5. The Balaban J connectivity index is 1.48. The quantitative estimate of drug-likeness (QED) is 0.192. The van der Waals surface area contributed by atoms with Gasteiger partial charge in [-0.2, -0.15) is 13.2 Å². The molecule has 2 heterocycles. The van der Waals surface area contributed by atoms with Gasteiger partial charge in [-0.3, -0.25) is 57.5 Å². The zero-order chi connectivity index (χ0) is 76.3. The van der Waals surface area contributed by atoms with Crippen LogP contribution in [0.15, 0.2) is 71.2 Å². The Morgan fingerprint density at radius 3 is 1.75 bits per heavy atom. The van der Waals surface area contributed by atoms with Crippen LogP contribution in [-0.2, 0) is 83.0 Å². The highest BCUT2D eigenvalue weighted by atomic mass is 79.9. The van der Waals surface area contributed by atoms with Gasteiger partial charge in [0.15, 0.2) is 0 Å². The third-order valence-corrected chi connectivity index (χ3v) is 21.7. The molecule has 0 radical (unpaired) electrons. The molecule has 0 aromatic heterocycles. The smallest absolute Gasteiger partial charge is 0.347 e. The molecule has 1 saturated carbocycles. The van der Waals surface area contributed by atoms with Crippen LogP contribution in [0.25, 0.3) is 0 Å². The maximum absolute atomic E-state index is 15.6. The minimum atomic E-state index is -4.79. The number of likely N-dealkylation sites (N-methyl/N-ethyl adjacent to an activating group) is 8. The fourth-order valence-corrected chi connectivity index (χ4v) is 13.8. The van der Waals surface area contributed by atoms with Gasteiger partial charge in [0, 0.05) is 87.3 Å². The molecular weight excluding hydrogens is 1410 g/mol. The van der Waals surface area contributed by atoms with Gasteiger partial charge in [-0.15, -0.1) is 0 Å². The summed E-state index contributed by atoms with van der Waals surface area (Å²) in [5.74, 6) is -9.84. The summed E-state index contributed by atoms with van der Waals surface area (Å²) in [6.45, 7) is 11.3. The van der Waals surface area contributed by atoms with Gasteiger partial charge in [0.1, 0.15) is 59.9 Å². The maximum atomic E-state index is 15.6. The number of hydrogen-bond donors (Lipinski definition) is 3. The summed E-state index contributed by atoms with van der Waals surface area (Å²) in [5.41, 5.74) is -0.446. The van der Waals surface area contributed by atoms with Crippen LogP contribution in [0.2, 0.25) is 5.02 Å². The van der Waals surface area contributed by atoms with E-state index in [1.807, 2.05) is 19.1 Å². The first-order valence-electron chi connectivity index (χ1n) is 34.7. The van der Waals surface area contributed by atoms with Crippen molar-refractivity contribution in [3.63, 3.8) is 0 Å². The molecular formula is C73H101BrClF3N12O12. The number of fused-ring (bicyclic) bond motifs is 1. The zero-order valence-corrected chi connectivity index (χ0v) is 63.8. The number of rotatable bonds is 12. The maximum Gasteiger partial charge on any atom is 0.417 e. The van der Waals surface area contributed by atoms with Gasteiger partial charge in [-0.25, -0.2) is 0 Å². The number of hydrogen-bond acceptors (Lipinski definition) is 12. The van der Waals surface area contributed by atoms with Crippen LogP contribution < -0.4 is 16.0 Å². The van der Waals surface area contributed by atoms with E-state index in [0.29, 0.717) is 41.3 Å². The summed E-state index contributed by atoms with van der Waals surface area (Å²) in [7, 11) is 12.4. The molecule has 29 heteroatoms. The Hall–Kier alpha value is -8.14. The first kappa shape index (κ1) is 82.8. The normalized spacial score (nSPS) is 25.1. The van der Waals surface area contributed by atoms with Crippen LogP contribution in [-0.4, -0.2) is 251 Å². The first-order valence-corrected chi connectivity index (χ1v) is 35.8. The van der Waals surface area contributed by atoms with Gasteiger partial charge < -0.3 is 60.0 Å². The lowest BCUT2D eigenvalue weighted by atomic mass is 9.90. The third kappa shape index (κ3) is 19.6. The number of carbonyl (C=O) groups excluding carboxylic acids is 12. The Labute approximate surface area is 610 Å². The minimum absolute atomic E-state index is 0.0654. The van der Waals surface area contributed by atoms with E-state index in [1.165, 1.54) is 108 Å². The number of benzene rings is 3. The highest BCUT2D eigenvalue weighted by Crippen LogP contribution is 2.37. The molecule has 3 N–H and O–H groups in total. The lowest BCUT2D eigenvalue weighted by Gasteiger charge is -2.45.